The molecule has 8 heteroatoms. The number of benzene rings is 1. The van der Waals surface area contributed by atoms with Crippen molar-refractivity contribution in [1.82, 2.24) is 15.3 Å². The van der Waals surface area contributed by atoms with Crippen molar-refractivity contribution in [2.24, 2.45) is 11.8 Å². The molecule has 4 rings (SSSR count). The number of anilines is 1. The van der Waals surface area contributed by atoms with Gasteiger partial charge in [-0.05, 0) is 43.4 Å². The molecule has 0 saturated heterocycles. The van der Waals surface area contributed by atoms with Gasteiger partial charge in [-0.1, -0.05) is 38.0 Å². The van der Waals surface area contributed by atoms with Crippen LogP contribution in [0.3, 0.4) is 0 Å². The van der Waals surface area contributed by atoms with E-state index in [0.717, 1.165) is 34.6 Å². The van der Waals surface area contributed by atoms with Crippen LogP contribution in [0.2, 0.25) is 0 Å². The van der Waals surface area contributed by atoms with Crippen LogP contribution in [0.25, 0.3) is 10.2 Å². The Morgan fingerprint density at radius 3 is 2.79 bits per heavy atom. The number of hydrogen-bond donors (Lipinski definition) is 2. The van der Waals surface area contributed by atoms with Gasteiger partial charge in [0.25, 0.3) is 5.91 Å². The van der Waals surface area contributed by atoms with Gasteiger partial charge < -0.3 is 15.4 Å². The maximum absolute atomic E-state index is 12.0. The van der Waals surface area contributed by atoms with E-state index in [9.17, 15) is 9.59 Å². The lowest BCUT2D eigenvalue weighted by molar-refractivity contribution is -0.122. The molecule has 2 atom stereocenters. The summed E-state index contributed by atoms with van der Waals surface area (Å²) in [6.45, 7) is 3.96. The third-order valence-electron chi connectivity index (χ3n) is 6.34. The van der Waals surface area contributed by atoms with Crippen molar-refractivity contribution in [1.29, 1.82) is 0 Å². The van der Waals surface area contributed by atoms with E-state index in [4.69, 9.17) is 9.72 Å². The van der Waals surface area contributed by atoms with Gasteiger partial charge in [-0.25, -0.2) is 4.98 Å². The smallest absolute Gasteiger partial charge is 0.269 e. The van der Waals surface area contributed by atoms with Gasteiger partial charge in [-0.3, -0.25) is 14.6 Å². The number of thiazole rings is 1. The van der Waals surface area contributed by atoms with Crippen molar-refractivity contribution < 1.29 is 14.3 Å². The molecule has 1 aromatic carbocycles. The van der Waals surface area contributed by atoms with E-state index >= 15 is 0 Å². The van der Waals surface area contributed by atoms with Gasteiger partial charge in [0.2, 0.25) is 0 Å². The molecule has 1 saturated carbocycles. The number of hydrogen-bond acceptors (Lipinski definition) is 7. The highest BCUT2D eigenvalue weighted by Gasteiger charge is 2.23. The number of rotatable bonds is 9. The highest BCUT2D eigenvalue weighted by Crippen LogP contribution is 2.34. The number of Topliss-reactive ketones (excluding diaryl/α,β-unsaturated/α-hetero) is 1. The Morgan fingerprint density at radius 2 is 2.00 bits per heavy atom. The van der Waals surface area contributed by atoms with Gasteiger partial charge in [-0.15, -0.1) is 0 Å². The van der Waals surface area contributed by atoms with Crippen LogP contribution in [0, 0.1) is 11.8 Å². The van der Waals surface area contributed by atoms with Crippen molar-refractivity contribution in [3.8, 4) is 11.5 Å². The summed E-state index contributed by atoms with van der Waals surface area (Å²) in [5, 5.41) is 7.12. The van der Waals surface area contributed by atoms with Crippen LogP contribution >= 0.6 is 11.3 Å². The Kier molecular flexibility index (Phi) is 7.77. The normalized spacial score (nSPS) is 18.1. The molecule has 3 aromatic rings. The minimum absolute atomic E-state index is 0.130. The number of ketones is 1. The number of aromatic nitrogens is 2. The molecule has 0 bridgehead atoms. The number of carbonyl (C=O) groups excluding carboxylic acids is 2. The van der Waals surface area contributed by atoms with Crippen LogP contribution in [0.5, 0.6) is 11.5 Å². The van der Waals surface area contributed by atoms with Crippen LogP contribution in [-0.4, -0.2) is 34.7 Å². The van der Waals surface area contributed by atoms with Crippen molar-refractivity contribution in [3.63, 3.8) is 0 Å². The number of ether oxygens (including phenoxy) is 1. The topological polar surface area (TPSA) is 93.2 Å². The van der Waals surface area contributed by atoms with Gasteiger partial charge in [0, 0.05) is 43.8 Å². The molecule has 2 N–H and O–H groups in total. The average Bonchev–Trinajstić information content (AvgIpc) is 3.23. The molecule has 0 aliphatic heterocycles. The summed E-state index contributed by atoms with van der Waals surface area (Å²) >= 11 is 1.62. The Balaban J connectivity index is 1.38. The van der Waals surface area contributed by atoms with E-state index in [1.54, 1.807) is 36.7 Å². The van der Waals surface area contributed by atoms with Gasteiger partial charge in [0.05, 0.1) is 10.2 Å². The minimum atomic E-state index is -0.254. The fourth-order valence-corrected chi connectivity index (χ4v) is 5.36. The highest BCUT2D eigenvalue weighted by atomic mass is 32.1. The number of pyridine rings is 1. The quantitative estimate of drug-likeness (QED) is 0.401. The minimum Gasteiger partial charge on any atom is -0.457 e. The van der Waals surface area contributed by atoms with Crippen LogP contribution in [0.15, 0.2) is 36.5 Å². The fourth-order valence-electron chi connectivity index (χ4n) is 4.39. The van der Waals surface area contributed by atoms with E-state index in [0.29, 0.717) is 41.4 Å². The van der Waals surface area contributed by atoms with Crippen LogP contribution in [0.1, 0.15) is 62.9 Å². The number of amides is 1. The van der Waals surface area contributed by atoms with Gasteiger partial charge in [0.1, 0.15) is 23.0 Å². The zero-order valence-corrected chi connectivity index (χ0v) is 20.8. The van der Waals surface area contributed by atoms with Crippen molar-refractivity contribution >= 4 is 38.4 Å². The van der Waals surface area contributed by atoms with E-state index in [2.05, 4.69) is 15.6 Å². The van der Waals surface area contributed by atoms with E-state index in [1.807, 2.05) is 32.0 Å². The fraction of sp³-hybridized carbons (Fsp3) is 0.462. The predicted octanol–water partition coefficient (Wildman–Crippen LogP) is 5.82. The molecule has 1 aliphatic carbocycles. The molecule has 0 radical (unpaired) electrons. The zero-order chi connectivity index (χ0) is 24.1. The first-order valence-electron chi connectivity index (χ1n) is 12.0. The van der Waals surface area contributed by atoms with Crippen molar-refractivity contribution in [3.05, 3.63) is 42.2 Å². The Labute approximate surface area is 204 Å². The van der Waals surface area contributed by atoms with E-state index in [1.165, 1.54) is 12.8 Å². The van der Waals surface area contributed by atoms with Crippen LogP contribution < -0.4 is 15.4 Å². The summed E-state index contributed by atoms with van der Waals surface area (Å²) in [6.07, 6.45) is 7.86. The zero-order valence-electron chi connectivity index (χ0n) is 20.0. The van der Waals surface area contributed by atoms with Crippen LogP contribution in [0.4, 0.5) is 5.13 Å². The summed E-state index contributed by atoms with van der Waals surface area (Å²) < 4.78 is 7.01. The number of fused-ring (bicyclic) bond motifs is 1. The van der Waals surface area contributed by atoms with Gasteiger partial charge in [-0.2, -0.15) is 0 Å². The maximum atomic E-state index is 12.0. The summed E-state index contributed by atoms with van der Waals surface area (Å²) in [7, 11) is 1.57. The molecule has 1 fully saturated rings. The summed E-state index contributed by atoms with van der Waals surface area (Å²) in [5.41, 5.74) is 1.24. The molecule has 2 aromatic heterocycles. The molecule has 2 heterocycles. The SMILES string of the molecule is CNC(=O)c1cc(Oc2ccc3nc(N[C@H]4CCCC(CCC(=O)C(C)C)C4)sc3c2)ccn1. The molecule has 0 spiro atoms. The molecule has 180 valence electrons. The lowest BCUT2D eigenvalue weighted by atomic mass is 9.82. The molecule has 7 nitrogen and oxygen atoms in total. The molecular weight excluding hydrogens is 448 g/mol. The average molecular weight is 481 g/mol. The summed E-state index contributed by atoms with van der Waals surface area (Å²) in [6, 6.07) is 9.55. The largest absolute Gasteiger partial charge is 0.457 e. The van der Waals surface area contributed by atoms with Crippen molar-refractivity contribution in [2.75, 3.05) is 12.4 Å². The second-order valence-electron chi connectivity index (χ2n) is 9.24. The second kappa shape index (κ2) is 11.0. The third kappa shape index (κ3) is 6.11. The third-order valence-corrected chi connectivity index (χ3v) is 7.29. The first-order chi connectivity index (χ1) is 16.4. The first kappa shape index (κ1) is 24.1. The lowest BCUT2D eigenvalue weighted by Crippen LogP contribution is -2.27. The van der Waals surface area contributed by atoms with Crippen molar-refractivity contribution in [2.45, 2.75) is 58.4 Å². The summed E-state index contributed by atoms with van der Waals surface area (Å²) in [4.78, 5) is 32.6. The molecular formula is C26H32N4O3S. The Bertz CT molecular complexity index is 1160. The number of carbonyl (C=O) groups is 2. The summed E-state index contributed by atoms with van der Waals surface area (Å²) in [5.74, 6) is 2.09. The Morgan fingerprint density at radius 1 is 1.18 bits per heavy atom. The van der Waals surface area contributed by atoms with Gasteiger partial charge >= 0.3 is 0 Å². The predicted molar refractivity (Wildman–Crippen MR) is 136 cm³/mol. The van der Waals surface area contributed by atoms with E-state index < -0.39 is 0 Å². The maximum Gasteiger partial charge on any atom is 0.269 e. The lowest BCUT2D eigenvalue weighted by Gasteiger charge is -2.29. The second-order valence-corrected chi connectivity index (χ2v) is 10.3. The highest BCUT2D eigenvalue weighted by molar-refractivity contribution is 7.22. The standard InChI is InChI=1S/C26H32N4O3S/c1-16(2)23(31)10-7-17-5-4-6-18(13-17)29-26-30-21-9-8-19(15-24(21)34-26)33-20-11-12-28-22(14-20)25(32)27-3/h8-9,11-12,14-18H,4-7,10,13H2,1-3H3,(H,27,32)(H,29,30)/t17?,18-/m0/s1. The molecule has 34 heavy (non-hydrogen) atoms. The van der Waals surface area contributed by atoms with E-state index in [-0.39, 0.29) is 11.8 Å². The molecule has 1 unspecified atom stereocenters. The molecule has 1 aliphatic rings. The first-order valence-corrected chi connectivity index (χ1v) is 12.8. The van der Waals surface area contributed by atoms with Crippen LogP contribution in [-0.2, 0) is 4.79 Å². The monoisotopic (exact) mass is 480 g/mol. The Hall–Kier alpha value is -3.00. The van der Waals surface area contributed by atoms with Gasteiger partial charge in [0.15, 0.2) is 5.13 Å². The number of nitrogens with one attached hydrogen (secondary N) is 2. The molecule has 1 amide bonds. The number of nitrogens with zero attached hydrogens (tertiary/aromatic N) is 2.